The fraction of sp³-hybridized carbons (Fsp3) is 0.667. The van der Waals surface area contributed by atoms with Crippen LogP contribution in [0.2, 0.25) is 0 Å². The molecule has 0 aromatic carbocycles. The minimum atomic E-state index is -3.82. The van der Waals surface area contributed by atoms with E-state index in [1.165, 1.54) is 0 Å². The molecule has 118 valence electrons. The lowest BCUT2D eigenvalue weighted by atomic mass is 9.80. The Labute approximate surface area is 132 Å². The van der Waals surface area contributed by atoms with Gasteiger partial charge in [-0.2, -0.15) is 0 Å². The Kier molecular flexibility index (Phi) is 5.24. The van der Waals surface area contributed by atoms with Gasteiger partial charge in [0.25, 0.3) is 9.05 Å². The van der Waals surface area contributed by atoms with Crippen LogP contribution in [0.3, 0.4) is 0 Å². The number of aromatic nitrogens is 1. The van der Waals surface area contributed by atoms with Crippen molar-refractivity contribution in [3.05, 3.63) is 5.69 Å². The van der Waals surface area contributed by atoms with E-state index in [1.54, 1.807) is 6.92 Å². The highest BCUT2D eigenvalue weighted by Crippen LogP contribution is 2.34. The molecule has 6 nitrogen and oxygen atoms in total. The molecular weight excluding hydrogens is 336 g/mol. The maximum atomic E-state index is 11.9. The number of rotatable bonds is 6. The fourth-order valence-electron chi connectivity index (χ4n) is 2.31. The summed E-state index contributed by atoms with van der Waals surface area (Å²) in [6.45, 7) is 4.19. The Morgan fingerprint density at radius 2 is 2.19 bits per heavy atom. The van der Waals surface area contributed by atoms with Crippen molar-refractivity contribution >= 4 is 42.1 Å². The topological polar surface area (TPSA) is 85.4 Å². The first-order chi connectivity index (χ1) is 9.79. The van der Waals surface area contributed by atoms with E-state index in [0.717, 1.165) is 24.2 Å². The van der Waals surface area contributed by atoms with E-state index in [0.29, 0.717) is 24.6 Å². The van der Waals surface area contributed by atoms with Gasteiger partial charge in [-0.15, -0.1) is 0 Å². The third kappa shape index (κ3) is 4.38. The average Bonchev–Trinajstić information content (AvgIpc) is 2.67. The van der Waals surface area contributed by atoms with Gasteiger partial charge in [0.2, 0.25) is 5.91 Å². The van der Waals surface area contributed by atoms with E-state index >= 15 is 0 Å². The number of thiazole rings is 1. The lowest BCUT2D eigenvalue weighted by molar-refractivity contribution is -0.119. The molecule has 1 heterocycles. The summed E-state index contributed by atoms with van der Waals surface area (Å²) in [6.07, 6.45) is 2.44. The third-order valence-corrected chi connectivity index (χ3v) is 6.54. The smallest absolute Gasteiger partial charge is 0.272 e. The molecule has 0 aliphatic heterocycles. The van der Waals surface area contributed by atoms with Crippen LogP contribution in [-0.2, 0) is 18.6 Å². The van der Waals surface area contributed by atoms with Crippen molar-refractivity contribution in [3.8, 4) is 0 Å². The molecule has 1 aromatic heterocycles. The largest absolute Gasteiger partial charge is 0.378 e. The van der Waals surface area contributed by atoms with Gasteiger partial charge in [-0.05, 0) is 32.6 Å². The Balaban J connectivity index is 1.87. The van der Waals surface area contributed by atoms with Crippen LogP contribution in [0.5, 0.6) is 0 Å². The first-order valence-corrected chi connectivity index (χ1v) is 9.75. The zero-order valence-corrected chi connectivity index (χ0v) is 14.1. The van der Waals surface area contributed by atoms with Crippen molar-refractivity contribution in [3.63, 3.8) is 0 Å². The molecular formula is C12H17ClN2O4S2. The number of carbonyl (C=O) groups excluding carboxylic acids is 1. The molecule has 9 heteroatoms. The number of hydrogen-bond acceptors (Lipinski definition) is 6. The molecule has 1 aromatic rings. The summed E-state index contributed by atoms with van der Waals surface area (Å²) in [5.41, 5.74) is 0.297. The average molecular weight is 353 g/mol. The molecule has 0 saturated heterocycles. The maximum Gasteiger partial charge on any atom is 0.272 e. The molecule has 1 amide bonds. The van der Waals surface area contributed by atoms with Crippen LogP contribution in [-0.4, -0.2) is 32.0 Å². The van der Waals surface area contributed by atoms with Crippen molar-refractivity contribution in [2.24, 2.45) is 5.92 Å². The standard InChI is InChI=1S/C12H17ClN2O4S2/c1-3-19-9-4-8(5-9)6-10(16)15-12-14-7(2)11(20-12)21(13,17)18/h8-9H,3-6H2,1-2H3,(H,14,15,16). The van der Waals surface area contributed by atoms with Crippen molar-refractivity contribution in [1.82, 2.24) is 4.98 Å². The lowest BCUT2D eigenvalue weighted by Gasteiger charge is -2.34. The predicted octanol–water partition coefficient (Wildman–Crippen LogP) is 2.52. The summed E-state index contributed by atoms with van der Waals surface area (Å²) in [5, 5.41) is 2.89. The molecule has 21 heavy (non-hydrogen) atoms. The highest BCUT2D eigenvalue weighted by molar-refractivity contribution is 8.15. The molecule has 0 atom stereocenters. The van der Waals surface area contributed by atoms with Crippen LogP contribution in [0.25, 0.3) is 0 Å². The van der Waals surface area contributed by atoms with Crippen LogP contribution >= 0.6 is 22.0 Å². The number of anilines is 1. The van der Waals surface area contributed by atoms with E-state index in [1.807, 2.05) is 6.92 Å². The molecule has 1 aliphatic rings. The van der Waals surface area contributed by atoms with Gasteiger partial charge in [-0.3, -0.25) is 4.79 Å². The number of nitrogens with zero attached hydrogens (tertiary/aromatic N) is 1. The van der Waals surface area contributed by atoms with Gasteiger partial charge in [0.05, 0.1) is 11.8 Å². The molecule has 0 radical (unpaired) electrons. The van der Waals surface area contributed by atoms with Crippen LogP contribution in [0.4, 0.5) is 5.13 Å². The Morgan fingerprint density at radius 1 is 1.52 bits per heavy atom. The number of hydrogen-bond donors (Lipinski definition) is 1. The number of amides is 1. The summed E-state index contributed by atoms with van der Waals surface area (Å²) in [4.78, 5) is 15.9. The number of ether oxygens (including phenoxy) is 1. The molecule has 1 aliphatic carbocycles. The van der Waals surface area contributed by atoms with Gasteiger partial charge in [0, 0.05) is 23.7 Å². The second kappa shape index (κ2) is 6.60. The summed E-state index contributed by atoms with van der Waals surface area (Å²) in [7, 11) is 1.47. The van der Waals surface area contributed by atoms with Gasteiger partial charge < -0.3 is 10.1 Å². The first-order valence-electron chi connectivity index (χ1n) is 6.63. The maximum absolute atomic E-state index is 11.9. The Hall–Kier alpha value is -0.700. The van der Waals surface area contributed by atoms with Gasteiger partial charge in [0.15, 0.2) is 9.34 Å². The summed E-state index contributed by atoms with van der Waals surface area (Å²) < 4.78 is 28.0. The highest BCUT2D eigenvalue weighted by Gasteiger charge is 2.31. The zero-order chi connectivity index (χ0) is 15.6. The SMILES string of the molecule is CCOC1CC(CC(=O)Nc2nc(C)c(S(=O)(=O)Cl)s2)C1. The van der Waals surface area contributed by atoms with E-state index < -0.39 is 9.05 Å². The van der Waals surface area contributed by atoms with E-state index in [-0.39, 0.29) is 21.4 Å². The highest BCUT2D eigenvalue weighted by atomic mass is 35.7. The predicted molar refractivity (Wildman–Crippen MR) is 81.3 cm³/mol. The minimum Gasteiger partial charge on any atom is -0.378 e. The number of carbonyl (C=O) groups is 1. The van der Waals surface area contributed by atoms with Crippen molar-refractivity contribution in [2.45, 2.75) is 43.4 Å². The lowest BCUT2D eigenvalue weighted by Crippen LogP contribution is -2.33. The Morgan fingerprint density at radius 3 is 2.71 bits per heavy atom. The molecule has 0 unspecified atom stereocenters. The van der Waals surface area contributed by atoms with Crippen LogP contribution < -0.4 is 5.32 Å². The van der Waals surface area contributed by atoms with Crippen molar-refractivity contribution in [2.75, 3.05) is 11.9 Å². The van der Waals surface area contributed by atoms with E-state index in [2.05, 4.69) is 10.3 Å². The summed E-state index contributed by atoms with van der Waals surface area (Å²) in [5.74, 6) is 0.154. The summed E-state index contributed by atoms with van der Waals surface area (Å²) in [6, 6.07) is 0. The molecule has 1 saturated carbocycles. The Bertz CT molecular complexity index is 623. The summed E-state index contributed by atoms with van der Waals surface area (Å²) >= 11 is 0.868. The fourth-order valence-corrected chi connectivity index (χ4v) is 4.68. The molecule has 0 bridgehead atoms. The first kappa shape index (κ1) is 16.7. The van der Waals surface area contributed by atoms with Gasteiger partial charge in [0.1, 0.15) is 0 Å². The minimum absolute atomic E-state index is 0.0282. The van der Waals surface area contributed by atoms with Crippen LogP contribution in [0.15, 0.2) is 4.21 Å². The van der Waals surface area contributed by atoms with Crippen LogP contribution in [0.1, 0.15) is 31.9 Å². The molecule has 0 spiro atoms. The molecule has 2 rings (SSSR count). The molecule has 1 N–H and O–H groups in total. The number of halogens is 1. The molecule has 1 fully saturated rings. The van der Waals surface area contributed by atoms with Gasteiger partial charge in [-0.1, -0.05) is 11.3 Å². The normalized spacial score (nSPS) is 21.9. The second-order valence-electron chi connectivity index (χ2n) is 5.00. The van der Waals surface area contributed by atoms with Crippen molar-refractivity contribution < 1.29 is 17.9 Å². The van der Waals surface area contributed by atoms with Crippen molar-refractivity contribution in [1.29, 1.82) is 0 Å². The van der Waals surface area contributed by atoms with Crippen LogP contribution in [0, 0.1) is 12.8 Å². The second-order valence-corrected chi connectivity index (χ2v) is 8.76. The van der Waals surface area contributed by atoms with Gasteiger partial charge >= 0.3 is 0 Å². The monoisotopic (exact) mass is 352 g/mol. The zero-order valence-electron chi connectivity index (χ0n) is 11.8. The number of nitrogens with one attached hydrogen (secondary N) is 1. The van der Waals surface area contributed by atoms with E-state index in [9.17, 15) is 13.2 Å². The number of aryl methyl sites for hydroxylation is 1. The quantitative estimate of drug-likeness (QED) is 0.795. The van der Waals surface area contributed by atoms with E-state index in [4.69, 9.17) is 15.4 Å². The van der Waals surface area contributed by atoms with Gasteiger partial charge in [-0.25, -0.2) is 13.4 Å². The third-order valence-electron chi connectivity index (χ3n) is 3.29.